The number of carbonyl (C=O) groups is 3. The zero-order chi connectivity index (χ0) is 24.8. The summed E-state index contributed by atoms with van der Waals surface area (Å²) in [5, 5.41) is 6.26. The third-order valence-corrected chi connectivity index (χ3v) is 6.69. The van der Waals surface area contributed by atoms with Crippen LogP contribution in [0.3, 0.4) is 0 Å². The van der Waals surface area contributed by atoms with Crippen LogP contribution in [-0.4, -0.2) is 84.3 Å². The molecule has 2 aromatic carbocycles. The van der Waals surface area contributed by atoms with Gasteiger partial charge < -0.3 is 15.5 Å². The minimum atomic E-state index is -0.856. The average molecular weight is 518 g/mol. The van der Waals surface area contributed by atoms with Crippen LogP contribution in [-0.2, 0) is 20.9 Å². The van der Waals surface area contributed by atoms with Crippen LogP contribution in [0.2, 0.25) is 10.0 Å². The van der Waals surface area contributed by atoms with Crippen LogP contribution in [0.1, 0.15) is 12.0 Å². The maximum atomic E-state index is 13.1. The van der Waals surface area contributed by atoms with Gasteiger partial charge in [-0.3, -0.25) is 24.2 Å². The number of carbonyl (C=O) groups excluding carboxylic acids is 3. The van der Waals surface area contributed by atoms with Crippen LogP contribution >= 0.6 is 23.2 Å². The average Bonchev–Trinajstić information content (AvgIpc) is 2.81. The molecule has 2 N–H and O–H groups in total. The van der Waals surface area contributed by atoms with Crippen LogP contribution in [0.25, 0.3) is 0 Å². The van der Waals surface area contributed by atoms with Crippen molar-refractivity contribution in [2.45, 2.75) is 19.0 Å². The van der Waals surface area contributed by atoms with Gasteiger partial charge in [-0.05, 0) is 23.8 Å². The predicted octanol–water partition coefficient (Wildman–Crippen LogP) is 2.47. The number of anilines is 1. The number of nitrogens with one attached hydrogen (secondary N) is 2. The van der Waals surface area contributed by atoms with Crippen molar-refractivity contribution in [3.63, 3.8) is 0 Å². The molecule has 2 saturated heterocycles. The maximum Gasteiger partial charge on any atom is 0.243 e. The summed E-state index contributed by atoms with van der Waals surface area (Å²) in [7, 11) is 0. The van der Waals surface area contributed by atoms with Crippen LogP contribution in [0.4, 0.5) is 5.69 Å². The number of halogens is 2. The smallest absolute Gasteiger partial charge is 0.243 e. The number of hydrogen-bond donors (Lipinski definition) is 2. The molecular weight excluding hydrogens is 489 g/mol. The van der Waals surface area contributed by atoms with E-state index < -0.39 is 11.9 Å². The monoisotopic (exact) mass is 517 g/mol. The summed E-state index contributed by atoms with van der Waals surface area (Å²) in [6, 6.07) is 14.2. The Morgan fingerprint density at radius 2 is 1.60 bits per heavy atom. The van der Waals surface area contributed by atoms with Crippen LogP contribution < -0.4 is 10.6 Å². The van der Waals surface area contributed by atoms with Gasteiger partial charge in [0.25, 0.3) is 0 Å². The predicted molar refractivity (Wildman–Crippen MR) is 136 cm³/mol. The SMILES string of the molecule is O=C(C[C@H]1C(=O)NCCN1C(=O)CN1CCN(Cc2ccccc2)CC1)Nc1cc(Cl)cc(Cl)c1. The van der Waals surface area contributed by atoms with Crippen molar-refractivity contribution in [1.29, 1.82) is 0 Å². The summed E-state index contributed by atoms with van der Waals surface area (Å²) < 4.78 is 0. The van der Waals surface area contributed by atoms with E-state index in [1.54, 1.807) is 18.2 Å². The van der Waals surface area contributed by atoms with Gasteiger partial charge >= 0.3 is 0 Å². The first-order chi connectivity index (χ1) is 16.9. The van der Waals surface area contributed by atoms with Crippen molar-refractivity contribution in [3.05, 3.63) is 64.1 Å². The first-order valence-corrected chi connectivity index (χ1v) is 12.4. The van der Waals surface area contributed by atoms with Gasteiger partial charge in [-0.2, -0.15) is 0 Å². The largest absolute Gasteiger partial charge is 0.353 e. The van der Waals surface area contributed by atoms with E-state index in [1.807, 2.05) is 18.2 Å². The lowest BCUT2D eigenvalue weighted by Gasteiger charge is -2.38. The molecule has 186 valence electrons. The van der Waals surface area contributed by atoms with Crippen molar-refractivity contribution in [1.82, 2.24) is 20.0 Å². The van der Waals surface area contributed by atoms with Gasteiger partial charge in [-0.1, -0.05) is 53.5 Å². The first-order valence-electron chi connectivity index (χ1n) is 11.7. The van der Waals surface area contributed by atoms with Gasteiger partial charge in [0.2, 0.25) is 17.7 Å². The third kappa shape index (κ3) is 7.18. The standard InChI is InChI=1S/C25H29Cl2N5O3/c26-19-12-20(27)14-21(13-19)29-23(33)15-22-25(35)28-6-7-32(22)24(34)17-31-10-8-30(9-11-31)16-18-4-2-1-3-5-18/h1-5,12-14,22H,6-11,15-17H2,(H,28,35)(H,29,33)/t22-/m0/s1. The number of hydrogen-bond acceptors (Lipinski definition) is 5. The van der Waals surface area contributed by atoms with E-state index in [0.717, 1.165) is 32.7 Å². The highest BCUT2D eigenvalue weighted by molar-refractivity contribution is 6.35. The lowest BCUT2D eigenvalue weighted by molar-refractivity contribution is -0.145. The quantitative estimate of drug-likeness (QED) is 0.589. The molecule has 2 aliphatic heterocycles. The van der Waals surface area contributed by atoms with E-state index in [-0.39, 0.29) is 24.8 Å². The summed E-state index contributed by atoms with van der Waals surface area (Å²) in [5.74, 6) is -0.853. The molecule has 0 radical (unpaired) electrons. The highest BCUT2D eigenvalue weighted by atomic mass is 35.5. The number of piperazine rings is 2. The molecule has 2 aliphatic rings. The minimum absolute atomic E-state index is 0.139. The van der Waals surface area contributed by atoms with Crippen molar-refractivity contribution in [2.75, 3.05) is 51.1 Å². The maximum absolute atomic E-state index is 13.1. The highest BCUT2D eigenvalue weighted by Crippen LogP contribution is 2.23. The van der Waals surface area contributed by atoms with Crippen molar-refractivity contribution < 1.29 is 14.4 Å². The van der Waals surface area contributed by atoms with Gasteiger partial charge in [-0.25, -0.2) is 0 Å². The highest BCUT2D eigenvalue weighted by Gasteiger charge is 2.35. The topological polar surface area (TPSA) is 85.0 Å². The molecule has 8 nitrogen and oxygen atoms in total. The van der Waals surface area contributed by atoms with E-state index >= 15 is 0 Å². The molecule has 0 aliphatic carbocycles. The molecule has 0 saturated carbocycles. The zero-order valence-electron chi connectivity index (χ0n) is 19.4. The Bertz CT molecular complexity index is 1040. The van der Waals surface area contributed by atoms with E-state index in [0.29, 0.717) is 28.8 Å². The van der Waals surface area contributed by atoms with E-state index in [1.165, 1.54) is 10.5 Å². The van der Waals surface area contributed by atoms with Gasteiger partial charge in [0, 0.05) is 61.5 Å². The second-order valence-electron chi connectivity index (χ2n) is 8.84. The fraction of sp³-hybridized carbons (Fsp3) is 0.400. The molecule has 2 heterocycles. The van der Waals surface area contributed by atoms with Gasteiger partial charge in [0.05, 0.1) is 13.0 Å². The molecule has 1 atom stereocenters. The Labute approximate surface area is 215 Å². The fourth-order valence-corrected chi connectivity index (χ4v) is 4.99. The minimum Gasteiger partial charge on any atom is -0.353 e. The molecule has 2 aromatic rings. The summed E-state index contributed by atoms with van der Waals surface area (Å²) in [6.07, 6.45) is -0.146. The van der Waals surface area contributed by atoms with Gasteiger partial charge in [-0.15, -0.1) is 0 Å². The Morgan fingerprint density at radius 3 is 2.29 bits per heavy atom. The lowest BCUT2D eigenvalue weighted by Crippen LogP contribution is -2.60. The molecular formula is C25H29Cl2N5O3. The van der Waals surface area contributed by atoms with E-state index in [4.69, 9.17) is 23.2 Å². The number of nitrogens with zero attached hydrogens (tertiary/aromatic N) is 3. The molecule has 0 aromatic heterocycles. The van der Waals surface area contributed by atoms with E-state index in [2.05, 4.69) is 32.6 Å². The Kier molecular flexibility index (Phi) is 8.62. The number of rotatable bonds is 7. The Hall–Kier alpha value is -2.65. The molecule has 2 fully saturated rings. The van der Waals surface area contributed by atoms with Crippen molar-refractivity contribution in [2.24, 2.45) is 0 Å². The summed E-state index contributed by atoms with van der Waals surface area (Å²) >= 11 is 12.0. The van der Waals surface area contributed by atoms with Gasteiger partial charge in [0.1, 0.15) is 6.04 Å². The Morgan fingerprint density at radius 1 is 0.943 bits per heavy atom. The van der Waals surface area contributed by atoms with Crippen molar-refractivity contribution >= 4 is 46.6 Å². The van der Waals surface area contributed by atoms with Crippen molar-refractivity contribution in [3.8, 4) is 0 Å². The molecule has 10 heteroatoms. The molecule has 35 heavy (non-hydrogen) atoms. The van der Waals surface area contributed by atoms with Crippen LogP contribution in [0.15, 0.2) is 48.5 Å². The molecule has 4 rings (SSSR count). The number of amides is 3. The van der Waals surface area contributed by atoms with Gasteiger partial charge in [0.15, 0.2) is 0 Å². The summed E-state index contributed by atoms with van der Waals surface area (Å²) in [4.78, 5) is 44.4. The molecule has 3 amide bonds. The van der Waals surface area contributed by atoms with Crippen LogP contribution in [0, 0.1) is 0 Å². The lowest BCUT2D eigenvalue weighted by atomic mass is 10.1. The normalized spacial score (nSPS) is 19.3. The van der Waals surface area contributed by atoms with E-state index in [9.17, 15) is 14.4 Å². The molecule has 0 bridgehead atoms. The fourth-order valence-electron chi connectivity index (χ4n) is 4.46. The first kappa shape index (κ1) is 25.4. The second-order valence-corrected chi connectivity index (χ2v) is 9.72. The third-order valence-electron chi connectivity index (χ3n) is 6.25. The second kappa shape index (κ2) is 11.9. The van der Waals surface area contributed by atoms with Crippen LogP contribution in [0.5, 0.6) is 0 Å². The summed E-state index contributed by atoms with van der Waals surface area (Å²) in [5.41, 5.74) is 1.72. The number of benzene rings is 2. The molecule has 0 spiro atoms. The Balaban J connectivity index is 1.30. The zero-order valence-corrected chi connectivity index (χ0v) is 20.9. The summed E-state index contributed by atoms with van der Waals surface area (Å²) in [6.45, 7) is 5.17. The molecule has 0 unspecified atom stereocenters.